The predicted octanol–water partition coefficient (Wildman–Crippen LogP) is 2.47. The molecule has 1 aliphatic rings. The van der Waals surface area contributed by atoms with E-state index < -0.39 is 0 Å². The highest BCUT2D eigenvalue weighted by molar-refractivity contribution is 6.30. The van der Waals surface area contributed by atoms with Crippen molar-refractivity contribution in [3.8, 4) is 0 Å². The maximum Gasteiger partial charge on any atom is 0.217 e. The van der Waals surface area contributed by atoms with Crippen molar-refractivity contribution < 1.29 is 4.79 Å². The minimum absolute atomic E-state index is 0.0254. The zero-order valence-corrected chi connectivity index (χ0v) is 8.77. The van der Waals surface area contributed by atoms with Gasteiger partial charge in [-0.2, -0.15) is 0 Å². The van der Waals surface area contributed by atoms with E-state index in [1.165, 1.54) is 0 Å². The molecule has 14 heavy (non-hydrogen) atoms. The molecule has 0 bridgehead atoms. The summed E-state index contributed by atoms with van der Waals surface area (Å²) in [6.07, 6.45) is 2.04. The second-order valence-corrected chi connectivity index (χ2v) is 4.21. The molecule has 0 aromatic heterocycles. The largest absolute Gasteiger partial charge is 0.347 e. The van der Waals surface area contributed by atoms with Crippen LogP contribution in [0.2, 0.25) is 5.02 Å². The zero-order chi connectivity index (χ0) is 10.2. The molecule has 1 amide bonds. The van der Waals surface area contributed by atoms with Gasteiger partial charge in [0.05, 0.1) is 5.54 Å². The average molecular weight is 210 g/mol. The Hall–Kier alpha value is -1.02. The van der Waals surface area contributed by atoms with Crippen LogP contribution in [0.3, 0.4) is 0 Å². The number of amides is 1. The van der Waals surface area contributed by atoms with Crippen molar-refractivity contribution in [2.75, 3.05) is 0 Å². The van der Waals surface area contributed by atoms with E-state index in [9.17, 15) is 4.79 Å². The van der Waals surface area contributed by atoms with Crippen molar-refractivity contribution in [1.29, 1.82) is 0 Å². The molecule has 2 rings (SSSR count). The van der Waals surface area contributed by atoms with Gasteiger partial charge >= 0.3 is 0 Å². The quantitative estimate of drug-likeness (QED) is 0.797. The molecular weight excluding hydrogens is 198 g/mol. The molecule has 0 atom stereocenters. The molecule has 1 aliphatic carbocycles. The fourth-order valence-corrected chi connectivity index (χ4v) is 1.84. The summed E-state index contributed by atoms with van der Waals surface area (Å²) in [6, 6.07) is 7.67. The molecule has 3 heteroatoms. The van der Waals surface area contributed by atoms with Gasteiger partial charge in [-0.15, -0.1) is 0 Å². The minimum atomic E-state index is -0.101. The van der Waals surface area contributed by atoms with Crippen molar-refractivity contribution in [2.24, 2.45) is 0 Å². The second kappa shape index (κ2) is 3.28. The Labute approximate surface area is 88.3 Å². The van der Waals surface area contributed by atoms with Crippen LogP contribution in [0.25, 0.3) is 0 Å². The molecular formula is C11H12ClNO. The molecule has 0 unspecified atom stereocenters. The number of rotatable bonds is 2. The van der Waals surface area contributed by atoms with Crippen LogP contribution in [-0.4, -0.2) is 5.91 Å². The van der Waals surface area contributed by atoms with E-state index in [4.69, 9.17) is 11.6 Å². The van der Waals surface area contributed by atoms with E-state index in [1.807, 2.05) is 24.3 Å². The van der Waals surface area contributed by atoms with Gasteiger partial charge in [0.15, 0.2) is 0 Å². The Morgan fingerprint density at radius 2 is 1.93 bits per heavy atom. The lowest BCUT2D eigenvalue weighted by atomic mass is 10.1. The van der Waals surface area contributed by atoms with Crippen LogP contribution in [0.4, 0.5) is 0 Å². The number of hydrogen-bond acceptors (Lipinski definition) is 1. The summed E-state index contributed by atoms with van der Waals surface area (Å²) in [5, 5.41) is 3.71. The predicted molar refractivity (Wildman–Crippen MR) is 56.2 cm³/mol. The zero-order valence-electron chi connectivity index (χ0n) is 8.01. The maximum absolute atomic E-state index is 11.0. The van der Waals surface area contributed by atoms with Gasteiger partial charge in [-0.3, -0.25) is 4.79 Å². The molecule has 1 fully saturated rings. The maximum atomic E-state index is 11.0. The van der Waals surface area contributed by atoms with Gasteiger partial charge in [0.2, 0.25) is 5.91 Å². The van der Waals surface area contributed by atoms with Gasteiger partial charge in [-0.1, -0.05) is 23.7 Å². The highest BCUT2D eigenvalue weighted by atomic mass is 35.5. The van der Waals surface area contributed by atoms with Crippen molar-refractivity contribution >= 4 is 17.5 Å². The smallest absolute Gasteiger partial charge is 0.217 e. The number of halogens is 1. The Bertz CT molecular complexity index is 354. The fourth-order valence-electron chi connectivity index (χ4n) is 1.72. The Balaban J connectivity index is 2.22. The summed E-state index contributed by atoms with van der Waals surface area (Å²) < 4.78 is 0. The lowest BCUT2D eigenvalue weighted by Crippen LogP contribution is -2.32. The van der Waals surface area contributed by atoms with Crippen LogP contribution in [0.5, 0.6) is 0 Å². The fraction of sp³-hybridized carbons (Fsp3) is 0.364. The number of hydrogen-bond donors (Lipinski definition) is 1. The van der Waals surface area contributed by atoms with E-state index >= 15 is 0 Å². The summed E-state index contributed by atoms with van der Waals surface area (Å²) in [7, 11) is 0. The minimum Gasteiger partial charge on any atom is -0.347 e. The van der Waals surface area contributed by atoms with Gasteiger partial charge in [0, 0.05) is 11.9 Å². The van der Waals surface area contributed by atoms with Crippen molar-refractivity contribution in [3.05, 3.63) is 34.9 Å². The molecule has 1 aromatic rings. The summed E-state index contributed by atoms with van der Waals surface area (Å²) in [5.41, 5.74) is 1.05. The Morgan fingerprint density at radius 3 is 2.36 bits per heavy atom. The molecule has 1 saturated carbocycles. The summed E-state index contributed by atoms with van der Waals surface area (Å²) in [5.74, 6) is 0.0254. The SMILES string of the molecule is CC(=O)NC1(c2ccc(Cl)cc2)CC1. The summed E-state index contributed by atoms with van der Waals surface area (Å²) >= 11 is 5.80. The highest BCUT2D eigenvalue weighted by Crippen LogP contribution is 2.45. The molecule has 1 aromatic carbocycles. The molecule has 1 N–H and O–H groups in total. The average Bonchev–Trinajstić information content (AvgIpc) is 2.85. The summed E-state index contributed by atoms with van der Waals surface area (Å²) in [4.78, 5) is 11.0. The molecule has 0 aliphatic heterocycles. The summed E-state index contributed by atoms with van der Waals surface area (Å²) in [6.45, 7) is 1.55. The van der Waals surface area contributed by atoms with E-state index in [0.29, 0.717) is 0 Å². The van der Waals surface area contributed by atoms with E-state index in [2.05, 4.69) is 5.32 Å². The standard InChI is InChI=1S/C11H12ClNO/c1-8(14)13-11(6-7-11)9-2-4-10(12)5-3-9/h2-5H,6-7H2,1H3,(H,13,14). The van der Waals surface area contributed by atoms with Crippen LogP contribution in [-0.2, 0) is 10.3 Å². The number of carbonyl (C=O) groups is 1. The Kier molecular flexibility index (Phi) is 2.23. The van der Waals surface area contributed by atoms with Crippen LogP contribution in [0.1, 0.15) is 25.3 Å². The number of carbonyl (C=O) groups excluding carboxylic acids is 1. The van der Waals surface area contributed by atoms with Crippen molar-refractivity contribution in [3.63, 3.8) is 0 Å². The van der Waals surface area contributed by atoms with Gasteiger partial charge in [0.1, 0.15) is 0 Å². The molecule has 2 nitrogen and oxygen atoms in total. The van der Waals surface area contributed by atoms with Crippen molar-refractivity contribution in [1.82, 2.24) is 5.32 Å². The third kappa shape index (κ3) is 1.75. The lowest BCUT2D eigenvalue weighted by Gasteiger charge is -2.16. The molecule has 0 radical (unpaired) electrons. The number of benzene rings is 1. The first-order valence-electron chi connectivity index (χ1n) is 4.67. The monoisotopic (exact) mass is 209 g/mol. The second-order valence-electron chi connectivity index (χ2n) is 3.77. The Morgan fingerprint density at radius 1 is 1.36 bits per heavy atom. The molecule has 0 saturated heterocycles. The molecule has 0 heterocycles. The van der Waals surface area contributed by atoms with Crippen molar-refractivity contribution in [2.45, 2.75) is 25.3 Å². The highest BCUT2D eigenvalue weighted by Gasteiger charge is 2.44. The van der Waals surface area contributed by atoms with Crippen LogP contribution in [0, 0.1) is 0 Å². The van der Waals surface area contributed by atoms with Crippen LogP contribution < -0.4 is 5.32 Å². The van der Waals surface area contributed by atoms with Gasteiger partial charge in [-0.25, -0.2) is 0 Å². The van der Waals surface area contributed by atoms with E-state index in [-0.39, 0.29) is 11.4 Å². The topological polar surface area (TPSA) is 29.1 Å². The first-order chi connectivity index (χ1) is 6.62. The molecule has 0 spiro atoms. The first kappa shape index (κ1) is 9.53. The lowest BCUT2D eigenvalue weighted by molar-refractivity contribution is -0.120. The van der Waals surface area contributed by atoms with E-state index in [0.717, 1.165) is 23.4 Å². The first-order valence-corrected chi connectivity index (χ1v) is 5.05. The third-order valence-electron chi connectivity index (χ3n) is 2.56. The third-order valence-corrected chi connectivity index (χ3v) is 2.81. The van der Waals surface area contributed by atoms with Gasteiger partial charge < -0.3 is 5.32 Å². The van der Waals surface area contributed by atoms with Crippen LogP contribution >= 0.6 is 11.6 Å². The van der Waals surface area contributed by atoms with Gasteiger partial charge in [-0.05, 0) is 30.5 Å². The van der Waals surface area contributed by atoms with Gasteiger partial charge in [0.25, 0.3) is 0 Å². The van der Waals surface area contributed by atoms with Crippen LogP contribution in [0.15, 0.2) is 24.3 Å². The molecule has 74 valence electrons. The van der Waals surface area contributed by atoms with E-state index in [1.54, 1.807) is 6.92 Å². The number of nitrogens with one attached hydrogen (secondary N) is 1. The normalized spacial score (nSPS) is 17.6.